The maximum absolute atomic E-state index is 12.3. The van der Waals surface area contributed by atoms with Crippen molar-refractivity contribution in [2.24, 2.45) is 0 Å². The van der Waals surface area contributed by atoms with E-state index in [0.29, 0.717) is 11.9 Å². The van der Waals surface area contributed by atoms with Crippen molar-refractivity contribution in [2.45, 2.75) is 39.3 Å². The minimum absolute atomic E-state index is 0.170. The third-order valence-electron chi connectivity index (χ3n) is 5.11. The fraction of sp³-hybridized carbons (Fsp3) is 0.400. The fourth-order valence-electron chi connectivity index (χ4n) is 3.57. The number of aromatic nitrogens is 4. The molecule has 0 aliphatic carbocycles. The summed E-state index contributed by atoms with van der Waals surface area (Å²) in [5.74, 6) is 0.508. The highest BCUT2D eigenvalue weighted by molar-refractivity contribution is 5.91. The Morgan fingerprint density at radius 2 is 2.11 bits per heavy atom. The molecule has 8 nitrogen and oxygen atoms in total. The lowest BCUT2D eigenvalue weighted by atomic mass is 10.3. The van der Waals surface area contributed by atoms with Crippen LogP contribution >= 0.6 is 0 Å². The molecular weight excluding hydrogens is 354 g/mol. The molecule has 1 saturated heterocycles. The van der Waals surface area contributed by atoms with Gasteiger partial charge in [0.05, 0.1) is 23.6 Å². The SMILES string of the molecule is Cc1cc(-n2ncc3cc(NC(=O)NC4CCN(C(C)C)C4)ncc32)ccn1. The van der Waals surface area contributed by atoms with Crippen molar-refractivity contribution in [1.29, 1.82) is 0 Å². The zero-order chi connectivity index (χ0) is 19.7. The first-order valence-corrected chi connectivity index (χ1v) is 9.58. The van der Waals surface area contributed by atoms with Gasteiger partial charge in [0.1, 0.15) is 5.82 Å². The number of amides is 2. The molecule has 0 saturated carbocycles. The van der Waals surface area contributed by atoms with Gasteiger partial charge in [0.25, 0.3) is 0 Å². The first kappa shape index (κ1) is 18.4. The Balaban J connectivity index is 1.45. The molecule has 1 atom stereocenters. The molecule has 0 radical (unpaired) electrons. The van der Waals surface area contributed by atoms with Crippen LogP contribution in [0.5, 0.6) is 0 Å². The highest BCUT2D eigenvalue weighted by Crippen LogP contribution is 2.20. The Labute approximate surface area is 164 Å². The zero-order valence-corrected chi connectivity index (χ0v) is 16.4. The predicted molar refractivity (Wildman–Crippen MR) is 109 cm³/mol. The lowest BCUT2D eigenvalue weighted by Gasteiger charge is -2.20. The summed E-state index contributed by atoms with van der Waals surface area (Å²) < 4.78 is 1.82. The van der Waals surface area contributed by atoms with Crippen LogP contribution in [0.3, 0.4) is 0 Å². The van der Waals surface area contributed by atoms with Gasteiger partial charge < -0.3 is 5.32 Å². The van der Waals surface area contributed by atoms with Crippen LogP contribution in [0.25, 0.3) is 16.6 Å². The minimum Gasteiger partial charge on any atom is -0.334 e. The Hall–Kier alpha value is -3.00. The maximum atomic E-state index is 12.3. The lowest BCUT2D eigenvalue weighted by Crippen LogP contribution is -2.40. The highest BCUT2D eigenvalue weighted by atomic mass is 16.2. The quantitative estimate of drug-likeness (QED) is 0.728. The van der Waals surface area contributed by atoms with E-state index in [0.717, 1.165) is 41.8 Å². The number of anilines is 1. The van der Waals surface area contributed by atoms with Crippen LogP contribution in [0.15, 0.2) is 36.8 Å². The summed E-state index contributed by atoms with van der Waals surface area (Å²) in [5, 5.41) is 11.2. The van der Waals surface area contributed by atoms with Crippen molar-refractivity contribution in [1.82, 2.24) is 30.0 Å². The monoisotopic (exact) mass is 379 g/mol. The first-order valence-electron chi connectivity index (χ1n) is 9.58. The number of carbonyl (C=O) groups is 1. The van der Waals surface area contributed by atoms with Gasteiger partial charge >= 0.3 is 6.03 Å². The van der Waals surface area contributed by atoms with Gasteiger partial charge in [-0.2, -0.15) is 5.10 Å². The molecule has 0 aromatic carbocycles. The Morgan fingerprint density at radius 3 is 2.86 bits per heavy atom. The van der Waals surface area contributed by atoms with E-state index in [2.05, 4.69) is 44.4 Å². The van der Waals surface area contributed by atoms with Gasteiger partial charge in [0.2, 0.25) is 0 Å². The molecule has 4 rings (SSSR count). The summed E-state index contributed by atoms with van der Waals surface area (Å²) >= 11 is 0. The second-order valence-electron chi connectivity index (χ2n) is 7.51. The van der Waals surface area contributed by atoms with Gasteiger partial charge in [-0.3, -0.25) is 15.2 Å². The van der Waals surface area contributed by atoms with Gasteiger partial charge in [-0.15, -0.1) is 0 Å². The summed E-state index contributed by atoms with van der Waals surface area (Å²) in [4.78, 5) is 23.3. The molecule has 1 aliphatic heterocycles. The van der Waals surface area contributed by atoms with Crippen molar-refractivity contribution in [3.05, 3.63) is 42.5 Å². The van der Waals surface area contributed by atoms with Crippen molar-refractivity contribution >= 4 is 22.8 Å². The predicted octanol–water partition coefficient (Wildman–Crippen LogP) is 2.73. The van der Waals surface area contributed by atoms with E-state index >= 15 is 0 Å². The van der Waals surface area contributed by atoms with Crippen LogP contribution in [-0.2, 0) is 0 Å². The van der Waals surface area contributed by atoms with E-state index < -0.39 is 0 Å². The smallest absolute Gasteiger partial charge is 0.320 e. The number of pyridine rings is 2. The first-order chi connectivity index (χ1) is 13.5. The Bertz CT molecular complexity index is 997. The summed E-state index contributed by atoms with van der Waals surface area (Å²) in [6, 6.07) is 6.15. The molecular formula is C20H25N7O. The lowest BCUT2D eigenvalue weighted by molar-refractivity contribution is 0.244. The van der Waals surface area contributed by atoms with E-state index in [-0.39, 0.29) is 12.1 Å². The van der Waals surface area contributed by atoms with E-state index in [1.165, 1.54) is 0 Å². The summed E-state index contributed by atoms with van der Waals surface area (Å²) in [7, 11) is 0. The van der Waals surface area contributed by atoms with Crippen molar-refractivity contribution < 1.29 is 4.79 Å². The van der Waals surface area contributed by atoms with E-state index in [1.54, 1.807) is 18.6 Å². The van der Waals surface area contributed by atoms with E-state index in [4.69, 9.17) is 0 Å². The molecule has 1 fully saturated rings. The number of nitrogens with zero attached hydrogens (tertiary/aromatic N) is 5. The summed E-state index contributed by atoms with van der Waals surface area (Å²) in [6.07, 6.45) is 6.22. The molecule has 3 aromatic heterocycles. The topological polar surface area (TPSA) is 88.0 Å². The Kier molecular flexibility index (Phi) is 4.95. The normalized spacial score (nSPS) is 17.4. The molecule has 0 bridgehead atoms. The van der Waals surface area contributed by atoms with Crippen LogP contribution in [0, 0.1) is 6.92 Å². The average Bonchev–Trinajstić information content (AvgIpc) is 3.28. The molecule has 3 aromatic rings. The van der Waals surface area contributed by atoms with Crippen molar-refractivity contribution in [3.8, 4) is 5.69 Å². The number of rotatable bonds is 4. The van der Waals surface area contributed by atoms with Crippen LogP contribution in [0.1, 0.15) is 26.0 Å². The van der Waals surface area contributed by atoms with Crippen molar-refractivity contribution in [3.63, 3.8) is 0 Å². The van der Waals surface area contributed by atoms with Gasteiger partial charge in [-0.25, -0.2) is 14.5 Å². The zero-order valence-electron chi connectivity index (χ0n) is 16.4. The number of fused-ring (bicyclic) bond motifs is 1. The van der Waals surface area contributed by atoms with Crippen LogP contribution in [-0.4, -0.2) is 55.9 Å². The van der Waals surface area contributed by atoms with Gasteiger partial charge in [-0.1, -0.05) is 0 Å². The number of carbonyl (C=O) groups excluding carboxylic acids is 1. The molecule has 28 heavy (non-hydrogen) atoms. The Morgan fingerprint density at radius 1 is 1.25 bits per heavy atom. The largest absolute Gasteiger partial charge is 0.334 e. The van der Waals surface area contributed by atoms with E-state index in [9.17, 15) is 4.79 Å². The molecule has 8 heteroatoms. The summed E-state index contributed by atoms with van der Waals surface area (Å²) in [6.45, 7) is 8.19. The van der Waals surface area contributed by atoms with Gasteiger partial charge in [-0.05, 0) is 45.4 Å². The number of nitrogens with one attached hydrogen (secondary N) is 2. The molecule has 1 unspecified atom stereocenters. The third kappa shape index (κ3) is 3.82. The van der Waals surface area contributed by atoms with Crippen LogP contribution < -0.4 is 10.6 Å². The molecule has 1 aliphatic rings. The number of likely N-dealkylation sites (tertiary alicyclic amines) is 1. The van der Waals surface area contributed by atoms with Crippen molar-refractivity contribution in [2.75, 3.05) is 18.4 Å². The molecule has 2 N–H and O–H groups in total. The maximum Gasteiger partial charge on any atom is 0.320 e. The standard InChI is InChI=1S/C20H25N7O/c1-13(2)26-7-5-16(12-26)24-20(28)25-19-9-15-10-23-27(18(15)11-22-19)17-4-6-21-14(3)8-17/h4,6,8-11,13,16H,5,7,12H2,1-3H3,(H2,22,24,25,28). The van der Waals surface area contributed by atoms with Gasteiger partial charge in [0.15, 0.2) is 0 Å². The van der Waals surface area contributed by atoms with E-state index in [1.807, 2.05) is 29.8 Å². The molecule has 146 valence electrons. The average molecular weight is 379 g/mol. The van der Waals surface area contributed by atoms with Gasteiger partial charge in [0, 0.05) is 42.5 Å². The van der Waals surface area contributed by atoms with Crippen LogP contribution in [0.2, 0.25) is 0 Å². The second kappa shape index (κ2) is 7.55. The number of hydrogen-bond donors (Lipinski definition) is 2. The second-order valence-corrected chi connectivity index (χ2v) is 7.51. The number of aryl methyl sites for hydroxylation is 1. The molecule has 4 heterocycles. The number of hydrogen-bond acceptors (Lipinski definition) is 5. The summed E-state index contributed by atoms with van der Waals surface area (Å²) in [5.41, 5.74) is 2.73. The molecule has 0 spiro atoms. The number of urea groups is 1. The highest BCUT2D eigenvalue weighted by Gasteiger charge is 2.25. The minimum atomic E-state index is -0.223. The third-order valence-corrected chi connectivity index (χ3v) is 5.11. The fourth-order valence-corrected chi connectivity index (χ4v) is 3.57. The van der Waals surface area contributed by atoms with Crippen LogP contribution in [0.4, 0.5) is 10.6 Å². The molecule has 2 amide bonds.